The van der Waals surface area contributed by atoms with Gasteiger partial charge in [-0.1, -0.05) is 13.5 Å². The van der Waals surface area contributed by atoms with Crippen molar-refractivity contribution < 1.29 is 13.9 Å². The van der Waals surface area contributed by atoms with E-state index in [0.29, 0.717) is 48.4 Å². The average molecular weight is 410 g/mol. The fraction of sp³-hybridized carbons (Fsp3) is 0.381. The van der Waals surface area contributed by atoms with Crippen LogP contribution < -0.4 is 19.7 Å². The van der Waals surface area contributed by atoms with E-state index in [2.05, 4.69) is 33.8 Å². The number of hydrogen-bond donors (Lipinski definition) is 1. The largest absolute Gasteiger partial charge is 0.486 e. The minimum absolute atomic E-state index is 0.000642. The highest BCUT2D eigenvalue weighted by atomic mass is 19.1. The summed E-state index contributed by atoms with van der Waals surface area (Å²) in [6.07, 6.45) is 5.57. The molecule has 5 rings (SSSR count). The molecule has 3 aromatic heterocycles. The smallest absolute Gasteiger partial charge is 0.218 e. The molecular formula is C21H23FN6O2. The van der Waals surface area contributed by atoms with Gasteiger partial charge in [-0.3, -0.25) is 0 Å². The second kappa shape index (κ2) is 7.16. The van der Waals surface area contributed by atoms with Gasteiger partial charge in [0.2, 0.25) is 5.88 Å². The SMILES string of the molecule is C=C1N[C@H](CC)COc2ncc(F)cc2CN2c3nc4c1cnn4cc3OC[C@H]2C. The summed E-state index contributed by atoms with van der Waals surface area (Å²) in [4.78, 5) is 11.2. The Morgan fingerprint density at radius 3 is 3.00 bits per heavy atom. The maximum Gasteiger partial charge on any atom is 0.218 e. The van der Waals surface area contributed by atoms with E-state index in [1.54, 1.807) is 10.7 Å². The molecular weight excluding hydrogens is 387 g/mol. The van der Waals surface area contributed by atoms with Crippen LogP contribution in [0.3, 0.4) is 0 Å². The van der Waals surface area contributed by atoms with Crippen LogP contribution in [0, 0.1) is 5.82 Å². The van der Waals surface area contributed by atoms with Crippen LogP contribution in [0.15, 0.2) is 31.2 Å². The van der Waals surface area contributed by atoms with Gasteiger partial charge in [0.15, 0.2) is 17.2 Å². The quantitative estimate of drug-likeness (QED) is 0.661. The molecule has 2 aliphatic heterocycles. The number of ether oxygens (including phenoxy) is 2. The Morgan fingerprint density at radius 2 is 2.17 bits per heavy atom. The first-order valence-electron chi connectivity index (χ1n) is 10.0. The van der Waals surface area contributed by atoms with Crippen LogP contribution in [0.2, 0.25) is 0 Å². The molecule has 9 heteroatoms. The molecule has 0 aromatic carbocycles. The highest BCUT2D eigenvalue weighted by molar-refractivity contribution is 5.75. The molecule has 1 N–H and O–H groups in total. The number of fused-ring (bicyclic) bond motifs is 1. The Bertz CT molecular complexity index is 1130. The van der Waals surface area contributed by atoms with E-state index in [-0.39, 0.29) is 12.1 Å². The minimum Gasteiger partial charge on any atom is -0.486 e. The van der Waals surface area contributed by atoms with E-state index in [4.69, 9.17) is 14.5 Å². The van der Waals surface area contributed by atoms with Crippen LogP contribution in [0.4, 0.5) is 10.2 Å². The van der Waals surface area contributed by atoms with Crippen molar-refractivity contribution in [3.8, 4) is 11.6 Å². The zero-order valence-electron chi connectivity index (χ0n) is 16.9. The molecule has 0 saturated carbocycles. The van der Waals surface area contributed by atoms with Gasteiger partial charge < -0.3 is 19.7 Å². The number of halogens is 1. The van der Waals surface area contributed by atoms with Crippen molar-refractivity contribution >= 4 is 17.2 Å². The van der Waals surface area contributed by atoms with Crippen molar-refractivity contribution in [2.75, 3.05) is 18.1 Å². The Kier molecular flexibility index (Phi) is 4.45. The molecule has 0 saturated heterocycles. The molecule has 0 amide bonds. The van der Waals surface area contributed by atoms with Crippen LogP contribution >= 0.6 is 0 Å². The number of hydrogen-bond acceptors (Lipinski definition) is 7. The summed E-state index contributed by atoms with van der Waals surface area (Å²) in [5.41, 5.74) is 2.88. The lowest BCUT2D eigenvalue weighted by molar-refractivity contribution is 0.254. The van der Waals surface area contributed by atoms with Gasteiger partial charge in [-0.05, 0) is 19.4 Å². The standard InChI is InChI=1S/C21H23FN6O2/c1-4-16-11-30-21-14(5-15(22)6-23-21)8-27-12(2)10-29-18-9-28-19(26-20(18)27)17(7-24-28)13(3)25-16/h5-7,9,12,16,25H,3-4,8,10-11H2,1-2H3/t12-,16-/m1/s1. The lowest BCUT2D eigenvalue weighted by Crippen LogP contribution is -2.41. The van der Waals surface area contributed by atoms with E-state index in [1.165, 1.54) is 12.3 Å². The minimum atomic E-state index is -0.400. The molecule has 3 aromatic rings. The fourth-order valence-electron chi connectivity index (χ4n) is 3.81. The summed E-state index contributed by atoms with van der Waals surface area (Å²) in [7, 11) is 0. The molecule has 0 radical (unpaired) electrons. The van der Waals surface area contributed by atoms with Gasteiger partial charge in [-0.25, -0.2) is 18.9 Å². The molecule has 0 spiro atoms. The molecule has 0 aliphatic carbocycles. The zero-order valence-corrected chi connectivity index (χ0v) is 16.9. The van der Waals surface area contributed by atoms with Crippen molar-refractivity contribution in [1.29, 1.82) is 0 Å². The Hall–Kier alpha value is -3.36. The molecule has 0 unspecified atom stereocenters. The van der Waals surface area contributed by atoms with Gasteiger partial charge >= 0.3 is 0 Å². The number of rotatable bonds is 1. The molecule has 0 fully saturated rings. The van der Waals surface area contributed by atoms with E-state index < -0.39 is 5.82 Å². The molecule has 8 nitrogen and oxygen atoms in total. The lowest BCUT2D eigenvalue weighted by atomic mass is 10.2. The number of aromatic nitrogens is 4. The highest BCUT2D eigenvalue weighted by Gasteiger charge is 2.29. The van der Waals surface area contributed by atoms with Gasteiger partial charge in [0.05, 0.1) is 42.8 Å². The molecule has 2 bridgehead atoms. The van der Waals surface area contributed by atoms with E-state index in [9.17, 15) is 4.39 Å². The third kappa shape index (κ3) is 3.10. The second-order valence-corrected chi connectivity index (χ2v) is 7.70. The molecule has 5 heterocycles. The summed E-state index contributed by atoms with van der Waals surface area (Å²) >= 11 is 0. The monoisotopic (exact) mass is 410 g/mol. The van der Waals surface area contributed by atoms with Gasteiger partial charge in [0, 0.05) is 11.3 Å². The Balaban J connectivity index is 1.69. The van der Waals surface area contributed by atoms with Gasteiger partial charge in [0.25, 0.3) is 0 Å². The second-order valence-electron chi connectivity index (χ2n) is 7.70. The molecule has 156 valence electrons. The summed E-state index contributed by atoms with van der Waals surface area (Å²) in [5.74, 6) is 1.33. The highest BCUT2D eigenvalue weighted by Crippen LogP contribution is 2.35. The third-order valence-electron chi connectivity index (χ3n) is 5.58. The van der Waals surface area contributed by atoms with Crippen molar-refractivity contribution in [2.24, 2.45) is 0 Å². The number of pyridine rings is 1. The Labute approximate surface area is 173 Å². The number of nitrogens with zero attached hydrogens (tertiary/aromatic N) is 5. The maximum absolute atomic E-state index is 14.0. The summed E-state index contributed by atoms with van der Waals surface area (Å²) in [6.45, 7) is 9.56. The normalized spacial score (nSPS) is 21.0. The first kappa shape index (κ1) is 18.7. The zero-order chi connectivity index (χ0) is 20.8. The number of nitrogens with one attached hydrogen (secondary N) is 1. The van der Waals surface area contributed by atoms with Crippen molar-refractivity contribution in [3.63, 3.8) is 0 Å². The predicted octanol–water partition coefficient (Wildman–Crippen LogP) is 2.78. The van der Waals surface area contributed by atoms with Crippen molar-refractivity contribution in [3.05, 3.63) is 48.2 Å². The van der Waals surface area contributed by atoms with Gasteiger partial charge in [0.1, 0.15) is 19.0 Å². The summed E-state index contributed by atoms with van der Waals surface area (Å²) in [5, 5.41) is 7.83. The summed E-state index contributed by atoms with van der Waals surface area (Å²) in [6, 6.07) is 1.50. The lowest BCUT2D eigenvalue weighted by Gasteiger charge is -2.35. The molecule has 2 aliphatic rings. The van der Waals surface area contributed by atoms with Crippen LogP contribution in [0.1, 0.15) is 31.4 Å². The maximum atomic E-state index is 14.0. The van der Waals surface area contributed by atoms with E-state index in [1.807, 2.05) is 13.1 Å². The van der Waals surface area contributed by atoms with E-state index >= 15 is 0 Å². The predicted molar refractivity (Wildman–Crippen MR) is 110 cm³/mol. The fourth-order valence-corrected chi connectivity index (χ4v) is 3.81. The summed E-state index contributed by atoms with van der Waals surface area (Å²) < 4.78 is 27.7. The number of anilines is 1. The topological polar surface area (TPSA) is 76.8 Å². The molecule has 2 atom stereocenters. The average Bonchev–Trinajstić information content (AvgIpc) is 3.15. The van der Waals surface area contributed by atoms with Crippen LogP contribution in [0.25, 0.3) is 11.3 Å². The van der Waals surface area contributed by atoms with Crippen LogP contribution in [-0.4, -0.2) is 44.9 Å². The van der Waals surface area contributed by atoms with Gasteiger partial charge in [-0.2, -0.15) is 5.10 Å². The van der Waals surface area contributed by atoms with Crippen molar-refractivity contribution in [1.82, 2.24) is 24.9 Å². The van der Waals surface area contributed by atoms with E-state index in [0.717, 1.165) is 17.7 Å². The van der Waals surface area contributed by atoms with Crippen LogP contribution in [-0.2, 0) is 6.54 Å². The third-order valence-corrected chi connectivity index (χ3v) is 5.58. The first-order chi connectivity index (χ1) is 14.5. The van der Waals surface area contributed by atoms with Crippen molar-refractivity contribution in [2.45, 2.75) is 38.9 Å². The van der Waals surface area contributed by atoms with Gasteiger partial charge in [-0.15, -0.1) is 0 Å². The molecule has 30 heavy (non-hydrogen) atoms. The first-order valence-corrected chi connectivity index (χ1v) is 10.0. The van der Waals surface area contributed by atoms with Crippen LogP contribution in [0.5, 0.6) is 11.6 Å². The Morgan fingerprint density at radius 1 is 1.30 bits per heavy atom.